The Bertz CT molecular complexity index is 831. The number of aromatic nitrogens is 1. The van der Waals surface area contributed by atoms with Crippen LogP contribution < -0.4 is 18.8 Å². The van der Waals surface area contributed by atoms with Crippen molar-refractivity contribution in [2.24, 2.45) is 0 Å². The summed E-state index contributed by atoms with van der Waals surface area (Å²) in [5, 5.41) is 0.951. The molecule has 3 aromatic rings. The number of methoxy groups -OCH3 is 3. The predicted octanol–water partition coefficient (Wildman–Crippen LogP) is 3.69. The zero-order valence-electron chi connectivity index (χ0n) is 15.7. The van der Waals surface area contributed by atoms with Crippen molar-refractivity contribution in [1.29, 1.82) is 0 Å². The van der Waals surface area contributed by atoms with Gasteiger partial charge in [-0.3, -0.25) is 0 Å². The summed E-state index contributed by atoms with van der Waals surface area (Å²) in [6.07, 6.45) is 1.85. The van der Waals surface area contributed by atoms with Crippen molar-refractivity contribution in [2.75, 3.05) is 21.3 Å². The second-order valence-electron chi connectivity index (χ2n) is 5.89. The molecule has 0 aliphatic heterocycles. The van der Waals surface area contributed by atoms with E-state index in [0.717, 1.165) is 32.7 Å². The number of rotatable bonds is 8. The topological polar surface area (TPSA) is 40.6 Å². The molecule has 0 radical (unpaired) electrons. The molecule has 140 valence electrons. The van der Waals surface area contributed by atoms with Gasteiger partial charge in [0.05, 0.1) is 0 Å². The number of hydrogen-bond donors (Lipinski definition) is 0. The number of ether oxygens (including phenoxy) is 3. The van der Waals surface area contributed by atoms with Crippen LogP contribution in [0.25, 0.3) is 0 Å². The van der Waals surface area contributed by atoms with E-state index in [0.29, 0.717) is 0 Å². The normalized spacial score (nSPS) is 11.7. The van der Waals surface area contributed by atoms with Crippen LogP contribution in [0.4, 0.5) is 0 Å². The molecule has 0 fully saturated rings. The fourth-order valence-electron chi connectivity index (χ4n) is 3.01. The van der Waals surface area contributed by atoms with E-state index in [1.165, 1.54) is 5.56 Å². The molecule has 1 aromatic heterocycles. The van der Waals surface area contributed by atoms with E-state index in [9.17, 15) is 0 Å². The fourth-order valence-corrected chi connectivity index (χ4v) is 5.12. The van der Waals surface area contributed by atoms with Crippen molar-refractivity contribution in [3.8, 4) is 17.2 Å². The van der Waals surface area contributed by atoms with Crippen LogP contribution in [0.1, 0.15) is 17.0 Å². The minimum atomic E-state index is 0.143. The third kappa shape index (κ3) is 4.62. The average molecular weight is 428 g/mol. The molecular formula is C22H23NO3Se. The van der Waals surface area contributed by atoms with Crippen molar-refractivity contribution in [3.63, 3.8) is 0 Å². The molecule has 4 nitrogen and oxygen atoms in total. The van der Waals surface area contributed by atoms with Crippen LogP contribution in [-0.2, 0) is 0 Å². The van der Waals surface area contributed by atoms with Gasteiger partial charge >= 0.3 is 167 Å². The van der Waals surface area contributed by atoms with Crippen molar-refractivity contribution in [2.45, 2.75) is 11.2 Å². The molecule has 0 aliphatic rings. The van der Waals surface area contributed by atoms with Gasteiger partial charge < -0.3 is 0 Å². The van der Waals surface area contributed by atoms with Gasteiger partial charge in [0.25, 0.3) is 0 Å². The number of nitrogens with zero attached hydrogens (tertiary/aromatic N) is 1. The van der Waals surface area contributed by atoms with E-state index >= 15 is 0 Å². The molecule has 27 heavy (non-hydrogen) atoms. The molecule has 0 saturated heterocycles. The number of hydrogen-bond acceptors (Lipinski definition) is 4. The fraction of sp³-hybridized carbons (Fsp3) is 0.227. The molecule has 0 aliphatic carbocycles. The maximum absolute atomic E-state index is 5.72. The van der Waals surface area contributed by atoms with Crippen molar-refractivity contribution in [3.05, 3.63) is 78.0 Å². The third-order valence-electron chi connectivity index (χ3n) is 4.34. The van der Waals surface area contributed by atoms with Crippen molar-refractivity contribution in [1.82, 2.24) is 4.98 Å². The first-order valence-corrected chi connectivity index (χ1v) is 10.7. The Morgan fingerprint density at radius 2 is 1.52 bits per heavy atom. The van der Waals surface area contributed by atoms with Crippen molar-refractivity contribution < 1.29 is 14.2 Å². The molecule has 0 spiro atoms. The molecule has 0 unspecified atom stereocenters. The standard InChI is InChI=1S/C22H23NO3Se/c1-24-17-13-19(25-2)22(20(14-17)26-3)18(16-9-5-4-6-10-16)15-27-21-11-7-8-12-23-21/h4-14,18H,15H2,1-3H3/t18-/m0/s1. The molecular weight excluding hydrogens is 405 g/mol. The van der Waals surface area contributed by atoms with Crippen LogP contribution in [0.15, 0.2) is 66.9 Å². The molecule has 0 amide bonds. The molecule has 0 saturated carbocycles. The van der Waals surface area contributed by atoms with Gasteiger partial charge in [0, 0.05) is 0 Å². The average Bonchev–Trinajstić information content (AvgIpc) is 2.75. The SMILES string of the molecule is COc1cc(OC)c([C@@H](C[Se]c2ccccn2)c2ccccc2)c(OC)c1. The van der Waals surface area contributed by atoms with E-state index in [4.69, 9.17) is 14.2 Å². The molecule has 3 rings (SSSR count). The molecule has 1 heterocycles. The summed E-state index contributed by atoms with van der Waals surface area (Å²) in [6.45, 7) is 0. The first-order chi connectivity index (χ1) is 13.3. The second kappa shape index (κ2) is 9.45. The Kier molecular flexibility index (Phi) is 6.74. The van der Waals surface area contributed by atoms with Crippen LogP contribution in [0, 0.1) is 0 Å². The Hall–Kier alpha value is -2.49. The molecule has 5 heteroatoms. The van der Waals surface area contributed by atoms with Gasteiger partial charge in [-0.25, -0.2) is 0 Å². The summed E-state index contributed by atoms with van der Waals surface area (Å²) in [5.41, 5.74) is 2.28. The van der Waals surface area contributed by atoms with Gasteiger partial charge in [0.1, 0.15) is 0 Å². The zero-order chi connectivity index (χ0) is 19.1. The van der Waals surface area contributed by atoms with E-state index in [1.807, 2.05) is 36.5 Å². The Morgan fingerprint density at radius 1 is 0.852 bits per heavy atom. The number of benzene rings is 2. The molecule has 0 N–H and O–H groups in total. The van der Waals surface area contributed by atoms with Gasteiger partial charge in [-0.2, -0.15) is 0 Å². The van der Waals surface area contributed by atoms with Gasteiger partial charge in [-0.1, -0.05) is 0 Å². The summed E-state index contributed by atoms with van der Waals surface area (Å²) < 4.78 is 18.0. The summed E-state index contributed by atoms with van der Waals surface area (Å²) in [4.78, 5) is 4.50. The van der Waals surface area contributed by atoms with Crippen molar-refractivity contribution >= 4 is 19.5 Å². The maximum atomic E-state index is 5.72. The Balaban J connectivity index is 2.05. The van der Waals surface area contributed by atoms with Crippen LogP contribution in [0.3, 0.4) is 0 Å². The van der Waals surface area contributed by atoms with E-state index in [1.54, 1.807) is 21.3 Å². The van der Waals surface area contributed by atoms with E-state index < -0.39 is 0 Å². The molecule has 1 atom stereocenters. The van der Waals surface area contributed by atoms with Crippen LogP contribution in [-0.4, -0.2) is 41.3 Å². The van der Waals surface area contributed by atoms with E-state index in [-0.39, 0.29) is 20.9 Å². The quantitative estimate of drug-likeness (QED) is 0.514. The van der Waals surface area contributed by atoms with Gasteiger partial charge in [0.2, 0.25) is 0 Å². The first kappa shape index (κ1) is 19.3. The zero-order valence-corrected chi connectivity index (χ0v) is 17.4. The molecule has 0 bridgehead atoms. The van der Waals surface area contributed by atoms with Gasteiger partial charge in [0.15, 0.2) is 0 Å². The number of pyridine rings is 1. The minimum absolute atomic E-state index is 0.143. The van der Waals surface area contributed by atoms with Gasteiger partial charge in [-0.15, -0.1) is 0 Å². The molecule has 2 aromatic carbocycles. The Morgan fingerprint density at radius 3 is 2.07 bits per heavy atom. The predicted molar refractivity (Wildman–Crippen MR) is 109 cm³/mol. The van der Waals surface area contributed by atoms with Gasteiger partial charge in [-0.05, 0) is 0 Å². The second-order valence-corrected chi connectivity index (χ2v) is 8.07. The van der Waals surface area contributed by atoms with Crippen LogP contribution in [0.2, 0.25) is 5.32 Å². The van der Waals surface area contributed by atoms with Crippen LogP contribution >= 0.6 is 0 Å². The Labute approximate surface area is 166 Å². The van der Waals surface area contributed by atoms with E-state index in [2.05, 4.69) is 35.3 Å². The monoisotopic (exact) mass is 429 g/mol. The first-order valence-electron chi connectivity index (χ1n) is 8.65. The summed E-state index contributed by atoms with van der Waals surface area (Å²) >= 11 is 0.220. The summed E-state index contributed by atoms with van der Waals surface area (Å²) in [5.74, 6) is 2.41. The van der Waals surface area contributed by atoms with Crippen LogP contribution in [0.5, 0.6) is 17.2 Å². The summed E-state index contributed by atoms with van der Waals surface area (Å²) in [7, 11) is 5.01. The summed E-state index contributed by atoms with van der Waals surface area (Å²) in [6, 6.07) is 20.4. The third-order valence-corrected chi connectivity index (χ3v) is 6.52.